The molecule has 1 saturated carbocycles. The lowest BCUT2D eigenvalue weighted by Crippen LogP contribution is -2.38. The molecule has 1 amide bonds. The molecule has 0 atom stereocenters. The quantitative estimate of drug-likeness (QED) is 0.833. The van der Waals surface area contributed by atoms with Crippen LogP contribution in [0.5, 0.6) is 0 Å². The third-order valence-electron chi connectivity index (χ3n) is 4.31. The first-order valence-corrected chi connectivity index (χ1v) is 8.95. The molecule has 1 aromatic carbocycles. The summed E-state index contributed by atoms with van der Waals surface area (Å²) in [5.74, 6) is 0.00491. The molecule has 1 aromatic heterocycles. The van der Waals surface area contributed by atoms with Crippen LogP contribution in [0.1, 0.15) is 40.9 Å². The van der Waals surface area contributed by atoms with E-state index < -0.39 is 0 Å². The van der Waals surface area contributed by atoms with E-state index in [1.165, 1.54) is 30.6 Å². The van der Waals surface area contributed by atoms with E-state index in [1.54, 1.807) is 0 Å². The smallest absolute Gasteiger partial charge is 0.252 e. The molecule has 0 radical (unpaired) electrons. The second kappa shape index (κ2) is 6.32. The third kappa shape index (κ3) is 3.06. The normalized spacial score (nSPS) is 16.8. The lowest BCUT2D eigenvalue weighted by molar-refractivity contribution is 0.0942. The minimum atomic E-state index is 0.00491. The van der Waals surface area contributed by atoms with E-state index in [0.717, 1.165) is 11.0 Å². The molecule has 0 saturated heterocycles. The van der Waals surface area contributed by atoms with Crippen molar-refractivity contribution in [1.29, 1.82) is 0 Å². The van der Waals surface area contributed by atoms with Gasteiger partial charge in [0.15, 0.2) is 0 Å². The number of halogens is 1. The van der Waals surface area contributed by atoms with Gasteiger partial charge in [-0.05, 0) is 52.4 Å². The Bertz CT molecular complexity index is 617. The van der Waals surface area contributed by atoms with Gasteiger partial charge in [0.2, 0.25) is 0 Å². The van der Waals surface area contributed by atoms with Gasteiger partial charge in [0, 0.05) is 21.3 Å². The molecule has 21 heavy (non-hydrogen) atoms. The largest absolute Gasteiger partial charge is 0.351 e. The Kier molecular flexibility index (Phi) is 4.45. The Hall–Kier alpha value is -1.13. The molecule has 2 aromatic rings. The van der Waals surface area contributed by atoms with E-state index in [-0.39, 0.29) is 11.3 Å². The van der Waals surface area contributed by atoms with Crippen molar-refractivity contribution in [2.45, 2.75) is 31.1 Å². The molecule has 1 aliphatic rings. The molecular weight excluding hydrogens is 346 g/mol. The SMILES string of the molecule is O=C(NCC1(c2cccs2)CCCC1)c1ccccc1Br. The van der Waals surface area contributed by atoms with Gasteiger partial charge >= 0.3 is 0 Å². The Morgan fingerprint density at radius 2 is 1.95 bits per heavy atom. The fourth-order valence-corrected chi connectivity index (χ4v) is 4.58. The second-order valence-electron chi connectivity index (χ2n) is 5.63. The number of benzene rings is 1. The maximum atomic E-state index is 12.4. The van der Waals surface area contributed by atoms with Gasteiger partial charge in [-0.15, -0.1) is 11.3 Å². The van der Waals surface area contributed by atoms with Gasteiger partial charge in [-0.1, -0.05) is 31.0 Å². The molecular formula is C17H18BrNOS. The molecule has 110 valence electrons. The predicted octanol–water partition coefficient (Wildman–Crippen LogP) is 4.75. The van der Waals surface area contributed by atoms with Gasteiger partial charge in [0.05, 0.1) is 5.56 Å². The summed E-state index contributed by atoms with van der Waals surface area (Å²) in [7, 11) is 0. The Morgan fingerprint density at radius 1 is 1.19 bits per heavy atom. The van der Waals surface area contributed by atoms with E-state index >= 15 is 0 Å². The number of thiophene rings is 1. The summed E-state index contributed by atoms with van der Waals surface area (Å²) in [6, 6.07) is 11.9. The van der Waals surface area contributed by atoms with E-state index in [1.807, 2.05) is 35.6 Å². The van der Waals surface area contributed by atoms with Crippen molar-refractivity contribution in [3.8, 4) is 0 Å². The lowest BCUT2D eigenvalue weighted by Gasteiger charge is -2.28. The first-order valence-electron chi connectivity index (χ1n) is 7.28. The number of nitrogens with one attached hydrogen (secondary N) is 1. The molecule has 0 spiro atoms. The predicted molar refractivity (Wildman–Crippen MR) is 90.9 cm³/mol. The number of carbonyl (C=O) groups excluding carboxylic acids is 1. The van der Waals surface area contributed by atoms with E-state index in [9.17, 15) is 4.79 Å². The minimum absolute atomic E-state index is 0.00491. The summed E-state index contributed by atoms with van der Waals surface area (Å²) in [6.45, 7) is 0.730. The molecule has 1 N–H and O–H groups in total. The van der Waals surface area contributed by atoms with Gasteiger partial charge in [0.1, 0.15) is 0 Å². The minimum Gasteiger partial charge on any atom is -0.351 e. The van der Waals surface area contributed by atoms with Crippen molar-refractivity contribution in [3.63, 3.8) is 0 Å². The van der Waals surface area contributed by atoms with Gasteiger partial charge in [-0.25, -0.2) is 0 Å². The Labute approximate surface area is 137 Å². The summed E-state index contributed by atoms with van der Waals surface area (Å²) in [6.07, 6.45) is 4.85. The zero-order valence-electron chi connectivity index (χ0n) is 11.8. The number of hydrogen-bond acceptors (Lipinski definition) is 2. The third-order valence-corrected chi connectivity index (χ3v) is 6.12. The monoisotopic (exact) mass is 363 g/mol. The number of amides is 1. The fourth-order valence-electron chi connectivity index (χ4n) is 3.13. The van der Waals surface area contributed by atoms with Crippen LogP contribution in [0.3, 0.4) is 0 Å². The summed E-state index contributed by atoms with van der Waals surface area (Å²) in [5, 5.41) is 5.28. The van der Waals surface area contributed by atoms with Crippen LogP contribution >= 0.6 is 27.3 Å². The van der Waals surface area contributed by atoms with Crippen molar-refractivity contribution >= 4 is 33.2 Å². The summed E-state index contributed by atoms with van der Waals surface area (Å²) >= 11 is 5.25. The summed E-state index contributed by atoms with van der Waals surface area (Å²) in [5.41, 5.74) is 0.849. The highest BCUT2D eigenvalue weighted by molar-refractivity contribution is 9.10. The fraction of sp³-hybridized carbons (Fsp3) is 0.353. The number of rotatable bonds is 4. The Morgan fingerprint density at radius 3 is 2.62 bits per heavy atom. The van der Waals surface area contributed by atoms with Crippen molar-refractivity contribution in [2.24, 2.45) is 0 Å². The van der Waals surface area contributed by atoms with Crippen LogP contribution in [0.15, 0.2) is 46.3 Å². The maximum Gasteiger partial charge on any atom is 0.252 e. The Balaban J connectivity index is 1.74. The van der Waals surface area contributed by atoms with Gasteiger partial charge in [-0.2, -0.15) is 0 Å². The van der Waals surface area contributed by atoms with Crippen LogP contribution in [0, 0.1) is 0 Å². The molecule has 4 heteroatoms. The van der Waals surface area contributed by atoms with Crippen molar-refractivity contribution in [1.82, 2.24) is 5.32 Å². The van der Waals surface area contributed by atoms with Crippen LogP contribution in [0.4, 0.5) is 0 Å². The zero-order valence-corrected chi connectivity index (χ0v) is 14.2. The zero-order chi connectivity index (χ0) is 14.7. The first kappa shape index (κ1) is 14.8. The molecule has 3 rings (SSSR count). The number of hydrogen-bond donors (Lipinski definition) is 1. The molecule has 1 aliphatic carbocycles. The van der Waals surface area contributed by atoms with Crippen LogP contribution in [-0.2, 0) is 5.41 Å². The number of carbonyl (C=O) groups is 1. The van der Waals surface area contributed by atoms with Crippen LogP contribution in [-0.4, -0.2) is 12.5 Å². The lowest BCUT2D eigenvalue weighted by atomic mass is 9.84. The maximum absolute atomic E-state index is 12.4. The molecule has 0 bridgehead atoms. The van der Waals surface area contributed by atoms with Crippen molar-refractivity contribution in [3.05, 3.63) is 56.7 Å². The molecule has 0 aliphatic heterocycles. The average Bonchev–Trinajstić information content (AvgIpc) is 3.17. The summed E-state index contributed by atoms with van der Waals surface area (Å²) < 4.78 is 0.846. The molecule has 0 unspecified atom stereocenters. The summed E-state index contributed by atoms with van der Waals surface area (Å²) in [4.78, 5) is 13.8. The topological polar surface area (TPSA) is 29.1 Å². The van der Waals surface area contributed by atoms with E-state index in [4.69, 9.17) is 0 Å². The van der Waals surface area contributed by atoms with Crippen molar-refractivity contribution < 1.29 is 4.79 Å². The highest BCUT2D eigenvalue weighted by atomic mass is 79.9. The average molecular weight is 364 g/mol. The van der Waals surface area contributed by atoms with Gasteiger partial charge in [0.25, 0.3) is 5.91 Å². The molecule has 1 fully saturated rings. The van der Waals surface area contributed by atoms with Gasteiger partial charge < -0.3 is 5.32 Å². The van der Waals surface area contributed by atoms with Crippen LogP contribution < -0.4 is 5.32 Å². The van der Waals surface area contributed by atoms with E-state index in [0.29, 0.717) is 5.56 Å². The van der Waals surface area contributed by atoms with Crippen LogP contribution in [0.2, 0.25) is 0 Å². The van der Waals surface area contributed by atoms with Crippen molar-refractivity contribution in [2.75, 3.05) is 6.54 Å². The first-order chi connectivity index (χ1) is 10.2. The molecule has 1 heterocycles. The van der Waals surface area contributed by atoms with Gasteiger partial charge in [-0.3, -0.25) is 4.79 Å². The second-order valence-corrected chi connectivity index (χ2v) is 7.43. The highest BCUT2D eigenvalue weighted by Crippen LogP contribution is 2.42. The van der Waals surface area contributed by atoms with E-state index in [2.05, 4.69) is 38.8 Å². The van der Waals surface area contributed by atoms with Crippen LogP contribution in [0.25, 0.3) is 0 Å². The standard InChI is InChI=1S/C17H18BrNOS/c18-14-7-2-1-6-13(14)16(20)19-12-17(9-3-4-10-17)15-8-5-11-21-15/h1-2,5-8,11H,3-4,9-10,12H2,(H,19,20). The highest BCUT2D eigenvalue weighted by Gasteiger charge is 2.36. The molecule has 2 nitrogen and oxygen atoms in total.